The lowest BCUT2D eigenvalue weighted by Gasteiger charge is -2.09. The molecule has 0 atom stereocenters. The summed E-state index contributed by atoms with van der Waals surface area (Å²) in [6, 6.07) is 13.1. The van der Waals surface area contributed by atoms with Crippen molar-refractivity contribution in [2.75, 3.05) is 13.7 Å². The van der Waals surface area contributed by atoms with Crippen LogP contribution < -0.4 is 14.2 Å². The minimum Gasteiger partial charge on any atom is -0.493 e. The first-order valence-corrected chi connectivity index (χ1v) is 8.46. The predicted octanol–water partition coefficient (Wildman–Crippen LogP) is 4.67. The first-order chi connectivity index (χ1) is 12.2. The van der Waals surface area contributed by atoms with Crippen LogP contribution in [-0.4, -0.2) is 19.7 Å². The molecule has 0 N–H and O–H groups in total. The summed E-state index contributed by atoms with van der Waals surface area (Å²) in [5.74, 6) is 1.43. The van der Waals surface area contributed by atoms with Gasteiger partial charge in [0.1, 0.15) is 5.75 Å². The van der Waals surface area contributed by atoms with Gasteiger partial charge in [-0.3, -0.25) is 0 Å². The molecule has 132 valence electrons. The Bertz CT molecular complexity index is 717. The topological polar surface area (TPSA) is 44.8 Å². The molecule has 2 aromatic carbocycles. The molecule has 0 aliphatic carbocycles. The zero-order valence-electron chi connectivity index (χ0n) is 15.0. The van der Waals surface area contributed by atoms with E-state index in [1.165, 1.54) is 11.6 Å². The van der Waals surface area contributed by atoms with Crippen molar-refractivity contribution in [2.24, 2.45) is 0 Å². The molecule has 0 unspecified atom stereocenters. The van der Waals surface area contributed by atoms with E-state index in [0.29, 0.717) is 23.9 Å². The number of methoxy groups -OCH3 is 1. The summed E-state index contributed by atoms with van der Waals surface area (Å²) in [6.45, 7) is 4.61. The zero-order valence-corrected chi connectivity index (χ0v) is 15.0. The Labute approximate surface area is 149 Å². The standard InChI is InChI=1S/C21H24O4/c1-4-6-16-7-11-18(12-8-16)25-21(22)14-10-17-9-13-19(24-5-2)20(15-17)23-3/h7-15H,4-6H2,1-3H3/b14-10+. The van der Waals surface area contributed by atoms with Crippen LogP contribution in [0.25, 0.3) is 6.08 Å². The third kappa shape index (κ3) is 5.68. The van der Waals surface area contributed by atoms with Crippen molar-refractivity contribution in [2.45, 2.75) is 26.7 Å². The van der Waals surface area contributed by atoms with Gasteiger partial charge in [-0.25, -0.2) is 4.79 Å². The minimum atomic E-state index is -0.420. The second-order valence-electron chi connectivity index (χ2n) is 5.49. The molecule has 0 saturated carbocycles. The number of benzene rings is 2. The Kier molecular flexibility index (Phi) is 7.08. The maximum absolute atomic E-state index is 12.0. The molecule has 0 aromatic heterocycles. The zero-order chi connectivity index (χ0) is 18.1. The van der Waals surface area contributed by atoms with Crippen molar-refractivity contribution >= 4 is 12.0 Å². The summed E-state index contributed by atoms with van der Waals surface area (Å²) >= 11 is 0. The van der Waals surface area contributed by atoms with Gasteiger partial charge in [0.05, 0.1) is 13.7 Å². The monoisotopic (exact) mass is 340 g/mol. The highest BCUT2D eigenvalue weighted by Crippen LogP contribution is 2.28. The minimum absolute atomic E-state index is 0.420. The van der Waals surface area contributed by atoms with Crippen molar-refractivity contribution in [3.8, 4) is 17.2 Å². The number of rotatable bonds is 8. The third-order valence-corrected chi connectivity index (χ3v) is 3.58. The number of carbonyl (C=O) groups is 1. The highest BCUT2D eigenvalue weighted by molar-refractivity contribution is 5.88. The van der Waals surface area contributed by atoms with Crippen LogP contribution in [0.4, 0.5) is 0 Å². The maximum atomic E-state index is 12.0. The lowest BCUT2D eigenvalue weighted by Crippen LogP contribution is -2.03. The summed E-state index contributed by atoms with van der Waals surface area (Å²) in [5.41, 5.74) is 2.06. The van der Waals surface area contributed by atoms with Gasteiger partial charge in [-0.05, 0) is 54.8 Å². The molecule has 4 heteroatoms. The molecular weight excluding hydrogens is 316 g/mol. The number of ether oxygens (including phenoxy) is 3. The Morgan fingerprint density at radius 3 is 2.44 bits per heavy atom. The van der Waals surface area contributed by atoms with Crippen LogP contribution in [0.3, 0.4) is 0 Å². The van der Waals surface area contributed by atoms with E-state index in [1.54, 1.807) is 13.2 Å². The highest BCUT2D eigenvalue weighted by atomic mass is 16.5. The summed E-state index contributed by atoms with van der Waals surface area (Å²) in [7, 11) is 1.59. The van der Waals surface area contributed by atoms with Gasteiger partial charge in [0.15, 0.2) is 11.5 Å². The van der Waals surface area contributed by atoms with Crippen molar-refractivity contribution < 1.29 is 19.0 Å². The molecule has 2 rings (SSSR count). The van der Waals surface area contributed by atoms with Crippen LogP contribution in [0, 0.1) is 0 Å². The fourth-order valence-corrected chi connectivity index (χ4v) is 2.39. The number of aryl methyl sites for hydroxylation is 1. The quantitative estimate of drug-likeness (QED) is 0.398. The van der Waals surface area contributed by atoms with Gasteiger partial charge in [-0.15, -0.1) is 0 Å². The molecule has 0 fully saturated rings. The van der Waals surface area contributed by atoms with Crippen molar-refractivity contribution in [3.05, 3.63) is 59.7 Å². The number of hydrogen-bond acceptors (Lipinski definition) is 4. The van der Waals surface area contributed by atoms with E-state index < -0.39 is 5.97 Å². The Morgan fingerprint density at radius 1 is 1.04 bits per heavy atom. The predicted molar refractivity (Wildman–Crippen MR) is 99.3 cm³/mol. The van der Waals surface area contributed by atoms with Gasteiger partial charge >= 0.3 is 5.97 Å². The molecular formula is C21H24O4. The molecule has 4 nitrogen and oxygen atoms in total. The normalized spacial score (nSPS) is 10.7. The van der Waals surface area contributed by atoms with Gasteiger partial charge in [0.25, 0.3) is 0 Å². The molecule has 2 aromatic rings. The van der Waals surface area contributed by atoms with Crippen LogP contribution >= 0.6 is 0 Å². The van der Waals surface area contributed by atoms with Crippen LogP contribution in [0.15, 0.2) is 48.5 Å². The number of carbonyl (C=O) groups excluding carboxylic acids is 1. The Hall–Kier alpha value is -2.75. The van der Waals surface area contributed by atoms with Crippen molar-refractivity contribution in [3.63, 3.8) is 0 Å². The number of esters is 1. The molecule has 0 heterocycles. The van der Waals surface area contributed by atoms with Gasteiger partial charge < -0.3 is 14.2 Å². The molecule has 25 heavy (non-hydrogen) atoms. The first-order valence-electron chi connectivity index (χ1n) is 8.46. The van der Waals surface area contributed by atoms with Gasteiger partial charge in [0, 0.05) is 6.08 Å². The molecule has 0 amide bonds. The van der Waals surface area contributed by atoms with E-state index in [1.807, 2.05) is 49.4 Å². The van der Waals surface area contributed by atoms with Crippen LogP contribution in [-0.2, 0) is 11.2 Å². The molecule has 0 saturated heterocycles. The Morgan fingerprint density at radius 2 is 1.80 bits per heavy atom. The van der Waals surface area contributed by atoms with E-state index in [2.05, 4.69) is 6.92 Å². The summed E-state index contributed by atoms with van der Waals surface area (Å²) in [6.07, 6.45) is 5.20. The SMILES string of the molecule is CCCc1ccc(OC(=O)/C=C/c2ccc(OCC)c(OC)c2)cc1. The van der Waals surface area contributed by atoms with E-state index in [-0.39, 0.29) is 0 Å². The van der Waals surface area contributed by atoms with Gasteiger partial charge in [-0.1, -0.05) is 31.5 Å². The van der Waals surface area contributed by atoms with E-state index >= 15 is 0 Å². The van der Waals surface area contributed by atoms with Crippen molar-refractivity contribution in [1.29, 1.82) is 0 Å². The van der Waals surface area contributed by atoms with Crippen LogP contribution in [0.1, 0.15) is 31.4 Å². The van der Waals surface area contributed by atoms with Gasteiger partial charge in [-0.2, -0.15) is 0 Å². The molecule has 0 spiro atoms. The average molecular weight is 340 g/mol. The lowest BCUT2D eigenvalue weighted by molar-refractivity contribution is -0.128. The largest absolute Gasteiger partial charge is 0.493 e. The van der Waals surface area contributed by atoms with E-state index in [9.17, 15) is 4.79 Å². The van der Waals surface area contributed by atoms with Crippen molar-refractivity contribution in [1.82, 2.24) is 0 Å². The number of hydrogen-bond donors (Lipinski definition) is 0. The van der Waals surface area contributed by atoms with E-state index in [0.717, 1.165) is 18.4 Å². The molecule has 0 aliphatic rings. The highest BCUT2D eigenvalue weighted by Gasteiger charge is 2.05. The fourth-order valence-electron chi connectivity index (χ4n) is 2.39. The smallest absolute Gasteiger partial charge is 0.336 e. The third-order valence-electron chi connectivity index (χ3n) is 3.58. The maximum Gasteiger partial charge on any atom is 0.336 e. The molecule has 0 radical (unpaired) electrons. The lowest BCUT2D eigenvalue weighted by atomic mass is 10.1. The fraction of sp³-hybridized carbons (Fsp3) is 0.286. The van der Waals surface area contributed by atoms with E-state index in [4.69, 9.17) is 14.2 Å². The molecule has 0 bridgehead atoms. The van der Waals surface area contributed by atoms with Crippen LogP contribution in [0.2, 0.25) is 0 Å². The second-order valence-corrected chi connectivity index (χ2v) is 5.49. The van der Waals surface area contributed by atoms with Crippen LogP contribution in [0.5, 0.6) is 17.2 Å². The summed E-state index contributed by atoms with van der Waals surface area (Å²) in [5, 5.41) is 0. The second kappa shape index (κ2) is 9.52. The Balaban J connectivity index is 1.99. The summed E-state index contributed by atoms with van der Waals surface area (Å²) < 4.78 is 16.1. The average Bonchev–Trinajstić information content (AvgIpc) is 2.63. The summed E-state index contributed by atoms with van der Waals surface area (Å²) in [4.78, 5) is 12.0. The first kappa shape index (κ1) is 18.6. The van der Waals surface area contributed by atoms with Gasteiger partial charge in [0.2, 0.25) is 0 Å². The molecule has 0 aliphatic heterocycles.